The van der Waals surface area contributed by atoms with Gasteiger partial charge in [0.2, 0.25) is 11.8 Å². The van der Waals surface area contributed by atoms with Gasteiger partial charge >= 0.3 is 0 Å². The maximum absolute atomic E-state index is 13.2. The van der Waals surface area contributed by atoms with Gasteiger partial charge in [-0.15, -0.1) is 22.7 Å². The molecule has 0 N–H and O–H groups in total. The fraction of sp³-hybridized carbons (Fsp3) is 0.286. The molecule has 1 fully saturated rings. The number of thiophene rings is 1. The Morgan fingerprint density at radius 2 is 2.07 bits per heavy atom. The van der Waals surface area contributed by atoms with Crippen LogP contribution in [0.1, 0.15) is 23.4 Å². The van der Waals surface area contributed by atoms with Crippen molar-refractivity contribution >= 4 is 45.3 Å². The highest BCUT2D eigenvalue weighted by atomic mass is 32.1. The Balaban J connectivity index is 1.53. The van der Waals surface area contributed by atoms with Crippen molar-refractivity contribution < 1.29 is 14.3 Å². The van der Waals surface area contributed by atoms with Gasteiger partial charge in [-0.2, -0.15) is 0 Å². The summed E-state index contributed by atoms with van der Waals surface area (Å²) >= 11 is 3.04. The first-order chi connectivity index (χ1) is 14.1. The minimum absolute atomic E-state index is 0.0341. The average Bonchev–Trinajstić information content (AvgIpc) is 3.48. The van der Waals surface area contributed by atoms with Gasteiger partial charge in [-0.25, -0.2) is 4.98 Å². The van der Waals surface area contributed by atoms with E-state index in [9.17, 15) is 9.59 Å². The van der Waals surface area contributed by atoms with Gasteiger partial charge in [-0.3, -0.25) is 14.5 Å². The van der Waals surface area contributed by atoms with E-state index >= 15 is 0 Å². The van der Waals surface area contributed by atoms with Crippen molar-refractivity contribution in [1.82, 2.24) is 4.98 Å². The number of rotatable bonds is 7. The van der Waals surface area contributed by atoms with Crippen LogP contribution in [0.2, 0.25) is 0 Å². The molecule has 150 valence electrons. The zero-order chi connectivity index (χ0) is 20.2. The fourth-order valence-corrected chi connectivity index (χ4v) is 4.81. The zero-order valence-electron chi connectivity index (χ0n) is 16.0. The number of hydrogen-bond donors (Lipinski definition) is 0. The predicted octanol–water partition coefficient (Wildman–Crippen LogP) is 4.12. The van der Waals surface area contributed by atoms with E-state index in [0.717, 1.165) is 22.7 Å². The van der Waals surface area contributed by atoms with Crippen LogP contribution >= 0.6 is 22.7 Å². The van der Waals surface area contributed by atoms with Crippen LogP contribution in [0.15, 0.2) is 47.2 Å². The lowest BCUT2D eigenvalue weighted by Crippen LogP contribution is -2.31. The average molecular weight is 428 g/mol. The van der Waals surface area contributed by atoms with Gasteiger partial charge in [0, 0.05) is 28.9 Å². The first-order valence-electron chi connectivity index (χ1n) is 9.35. The number of thiazole rings is 1. The molecule has 2 aromatic heterocycles. The lowest BCUT2D eigenvalue weighted by Gasteiger charge is -2.22. The van der Waals surface area contributed by atoms with Crippen molar-refractivity contribution in [2.45, 2.75) is 25.8 Å². The van der Waals surface area contributed by atoms with Crippen LogP contribution in [0.4, 0.5) is 10.8 Å². The van der Waals surface area contributed by atoms with Crippen LogP contribution in [0.3, 0.4) is 0 Å². The molecule has 1 saturated heterocycles. The topological polar surface area (TPSA) is 62.7 Å². The lowest BCUT2D eigenvalue weighted by atomic mass is 10.2. The third kappa shape index (κ3) is 4.49. The molecule has 3 heterocycles. The molecular formula is C21H21N3O3S2. The second-order valence-corrected chi connectivity index (χ2v) is 8.57. The summed E-state index contributed by atoms with van der Waals surface area (Å²) in [6, 6.07) is 11.5. The number of nitrogens with zero attached hydrogens (tertiary/aromatic N) is 3. The number of benzene rings is 1. The number of hydrogen-bond acceptors (Lipinski definition) is 6. The quantitative estimate of drug-likeness (QED) is 0.569. The molecule has 1 aromatic carbocycles. The molecule has 0 bridgehead atoms. The van der Waals surface area contributed by atoms with Crippen LogP contribution in [-0.4, -0.2) is 30.5 Å². The van der Waals surface area contributed by atoms with Crippen LogP contribution in [0.25, 0.3) is 0 Å². The highest BCUT2D eigenvalue weighted by molar-refractivity contribution is 7.14. The Morgan fingerprint density at radius 1 is 1.24 bits per heavy atom. The standard InChI is InChI=1S/C21H21N3O3S2/c1-27-17-8-6-16(7-9-17)24(13-18-4-3-11-28-18)20(26)12-15-14-29-21(22-15)23-10-2-5-19(23)25/h3-4,6-9,11,14H,2,5,10,12-13H2,1H3. The first-order valence-corrected chi connectivity index (χ1v) is 11.1. The van der Waals surface area contributed by atoms with E-state index in [-0.39, 0.29) is 18.2 Å². The van der Waals surface area contributed by atoms with E-state index in [1.54, 1.807) is 28.2 Å². The number of methoxy groups -OCH3 is 1. The summed E-state index contributed by atoms with van der Waals surface area (Å²) in [5.41, 5.74) is 1.51. The summed E-state index contributed by atoms with van der Waals surface area (Å²) in [5.74, 6) is 0.819. The number of anilines is 2. The molecule has 0 unspecified atom stereocenters. The van der Waals surface area contributed by atoms with Gasteiger partial charge in [0.15, 0.2) is 5.13 Å². The summed E-state index contributed by atoms with van der Waals surface area (Å²) < 4.78 is 5.23. The number of ether oxygens (including phenoxy) is 1. The highest BCUT2D eigenvalue weighted by Crippen LogP contribution is 2.27. The number of carbonyl (C=O) groups excluding carboxylic acids is 2. The summed E-state index contributed by atoms with van der Waals surface area (Å²) in [5, 5.41) is 4.56. The molecule has 3 aromatic rings. The van der Waals surface area contributed by atoms with E-state index in [1.165, 1.54) is 11.3 Å². The van der Waals surface area contributed by atoms with Crippen molar-refractivity contribution in [2.75, 3.05) is 23.5 Å². The Labute approximate surface area is 177 Å². The maximum Gasteiger partial charge on any atom is 0.233 e. The minimum Gasteiger partial charge on any atom is -0.497 e. The largest absolute Gasteiger partial charge is 0.497 e. The summed E-state index contributed by atoms with van der Waals surface area (Å²) in [4.78, 5) is 34.2. The summed E-state index contributed by atoms with van der Waals surface area (Å²) in [7, 11) is 1.62. The molecule has 4 rings (SSSR count). The second kappa shape index (κ2) is 8.75. The summed E-state index contributed by atoms with van der Waals surface area (Å²) in [6.07, 6.45) is 1.62. The molecule has 6 nitrogen and oxygen atoms in total. The maximum atomic E-state index is 13.2. The molecule has 1 aliphatic heterocycles. The van der Waals surface area contributed by atoms with E-state index in [4.69, 9.17) is 4.74 Å². The van der Waals surface area contributed by atoms with Gasteiger partial charge in [0.05, 0.1) is 25.8 Å². The van der Waals surface area contributed by atoms with Crippen LogP contribution in [-0.2, 0) is 22.6 Å². The Kier molecular flexibility index (Phi) is 5.92. The van der Waals surface area contributed by atoms with Gasteiger partial charge in [0.1, 0.15) is 5.75 Å². The summed E-state index contributed by atoms with van der Waals surface area (Å²) in [6.45, 7) is 1.21. The molecule has 0 aliphatic carbocycles. The molecule has 29 heavy (non-hydrogen) atoms. The van der Waals surface area contributed by atoms with Gasteiger partial charge in [-0.05, 0) is 42.1 Å². The Hall–Kier alpha value is -2.71. The smallest absolute Gasteiger partial charge is 0.233 e. The third-order valence-corrected chi connectivity index (χ3v) is 6.53. The molecule has 0 atom stereocenters. The van der Waals surface area contributed by atoms with E-state index < -0.39 is 0 Å². The molecule has 2 amide bonds. The van der Waals surface area contributed by atoms with E-state index in [0.29, 0.717) is 30.3 Å². The number of aromatic nitrogens is 1. The van der Waals surface area contributed by atoms with Crippen molar-refractivity contribution in [3.8, 4) is 5.75 Å². The number of carbonyl (C=O) groups is 2. The number of amides is 2. The monoisotopic (exact) mass is 427 g/mol. The molecule has 0 radical (unpaired) electrons. The lowest BCUT2D eigenvalue weighted by molar-refractivity contribution is -0.118. The SMILES string of the molecule is COc1ccc(N(Cc2cccs2)C(=O)Cc2csc(N3CCCC3=O)n2)cc1. The third-order valence-electron chi connectivity index (χ3n) is 4.76. The zero-order valence-corrected chi connectivity index (χ0v) is 17.7. The second-order valence-electron chi connectivity index (χ2n) is 6.70. The van der Waals surface area contributed by atoms with E-state index in [2.05, 4.69) is 4.98 Å². The van der Waals surface area contributed by atoms with Gasteiger partial charge in [0.25, 0.3) is 0 Å². The molecular weight excluding hydrogens is 406 g/mol. The highest BCUT2D eigenvalue weighted by Gasteiger charge is 2.25. The molecule has 0 saturated carbocycles. The normalized spacial score (nSPS) is 13.7. The van der Waals surface area contributed by atoms with Crippen molar-refractivity contribution in [3.63, 3.8) is 0 Å². The fourth-order valence-electron chi connectivity index (χ4n) is 3.25. The first kappa shape index (κ1) is 19.6. The van der Waals surface area contributed by atoms with Crippen LogP contribution < -0.4 is 14.5 Å². The van der Waals surface area contributed by atoms with E-state index in [1.807, 2.05) is 47.2 Å². The van der Waals surface area contributed by atoms with Crippen molar-refractivity contribution in [3.05, 3.63) is 57.7 Å². The Bertz CT molecular complexity index is 983. The van der Waals surface area contributed by atoms with Crippen molar-refractivity contribution in [1.29, 1.82) is 0 Å². The Morgan fingerprint density at radius 3 is 2.72 bits per heavy atom. The molecule has 0 spiro atoms. The molecule has 1 aliphatic rings. The predicted molar refractivity (Wildman–Crippen MR) is 116 cm³/mol. The van der Waals surface area contributed by atoms with Crippen LogP contribution in [0, 0.1) is 0 Å². The van der Waals surface area contributed by atoms with Gasteiger partial charge < -0.3 is 9.64 Å². The van der Waals surface area contributed by atoms with Crippen molar-refractivity contribution in [2.24, 2.45) is 0 Å². The minimum atomic E-state index is -0.0341. The van der Waals surface area contributed by atoms with Crippen LogP contribution in [0.5, 0.6) is 5.75 Å². The molecule has 8 heteroatoms. The van der Waals surface area contributed by atoms with Gasteiger partial charge in [-0.1, -0.05) is 6.07 Å².